The van der Waals surface area contributed by atoms with Gasteiger partial charge in [-0.3, -0.25) is 0 Å². The fourth-order valence-electron chi connectivity index (χ4n) is 2.89. The van der Waals surface area contributed by atoms with Crippen LogP contribution in [0, 0.1) is 11.3 Å². The van der Waals surface area contributed by atoms with Gasteiger partial charge in [0.05, 0.1) is 6.10 Å². The Balaban J connectivity index is 1.98. The van der Waals surface area contributed by atoms with E-state index in [-0.39, 0.29) is 0 Å². The Bertz CT molecular complexity index is 311. The van der Waals surface area contributed by atoms with Crippen LogP contribution >= 0.6 is 0 Å². The molecule has 1 fully saturated rings. The molecule has 2 rings (SSSR count). The summed E-state index contributed by atoms with van der Waals surface area (Å²) in [5.74, 6) is 0.729. The van der Waals surface area contributed by atoms with Crippen molar-refractivity contribution in [2.45, 2.75) is 52.6 Å². The molecule has 2 aliphatic rings. The summed E-state index contributed by atoms with van der Waals surface area (Å²) in [6.07, 6.45) is 7.39. The van der Waals surface area contributed by atoms with Crippen LogP contribution in [0.15, 0.2) is 23.8 Å². The third-order valence-electron chi connectivity index (χ3n) is 4.66. The second kappa shape index (κ2) is 4.37. The van der Waals surface area contributed by atoms with Gasteiger partial charge in [0.1, 0.15) is 0 Å². The first-order valence-corrected chi connectivity index (χ1v) is 6.48. The Labute approximate surface area is 99.6 Å². The maximum Gasteiger partial charge on any atom is 0.0785 e. The van der Waals surface area contributed by atoms with Gasteiger partial charge in [-0.2, -0.15) is 0 Å². The van der Waals surface area contributed by atoms with Crippen LogP contribution in [0.5, 0.6) is 0 Å². The number of ether oxygens (including phenoxy) is 1. The van der Waals surface area contributed by atoms with Gasteiger partial charge >= 0.3 is 0 Å². The van der Waals surface area contributed by atoms with Crippen molar-refractivity contribution in [3.05, 3.63) is 23.8 Å². The van der Waals surface area contributed by atoms with Crippen molar-refractivity contribution in [2.75, 3.05) is 6.61 Å². The Morgan fingerprint density at radius 3 is 2.81 bits per heavy atom. The fraction of sp³-hybridized carbons (Fsp3) is 0.733. The lowest BCUT2D eigenvalue weighted by Gasteiger charge is -2.34. The van der Waals surface area contributed by atoms with Crippen LogP contribution < -0.4 is 0 Å². The lowest BCUT2D eigenvalue weighted by molar-refractivity contribution is 0.0281. The van der Waals surface area contributed by atoms with Crippen molar-refractivity contribution in [3.63, 3.8) is 0 Å². The predicted octanol–water partition coefficient (Wildman–Crippen LogP) is 4.10. The minimum absolute atomic E-state index is 0.317. The van der Waals surface area contributed by atoms with Crippen LogP contribution in [0.3, 0.4) is 0 Å². The van der Waals surface area contributed by atoms with Crippen LogP contribution in [-0.2, 0) is 4.74 Å². The Hall–Kier alpha value is -0.560. The highest BCUT2D eigenvalue weighted by Crippen LogP contribution is 2.46. The van der Waals surface area contributed by atoms with E-state index in [4.69, 9.17) is 4.74 Å². The molecule has 0 spiro atoms. The molecule has 1 heteroatoms. The Morgan fingerprint density at radius 2 is 2.25 bits per heavy atom. The van der Waals surface area contributed by atoms with Crippen molar-refractivity contribution < 1.29 is 4.74 Å². The minimum Gasteiger partial charge on any atom is -0.374 e. The van der Waals surface area contributed by atoms with Gasteiger partial charge < -0.3 is 4.74 Å². The smallest absolute Gasteiger partial charge is 0.0785 e. The van der Waals surface area contributed by atoms with Crippen LogP contribution in [0.25, 0.3) is 0 Å². The zero-order chi connectivity index (χ0) is 11.8. The van der Waals surface area contributed by atoms with Crippen molar-refractivity contribution in [1.29, 1.82) is 0 Å². The molecule has 1 aliphatic heterocycles. The molecule has 0 radical (unpaired) electrons. The van der Waals surface area contributed by atoms with Gasteiger partial charge in [-0.25, -0.2) is 0 Å². The highest BCUT2D eigenvalue weighted by molar-refractivity contribution is 5.19. The summed E-state index contributed by atoms with van der Waals surface area (Å²) in [5, 5.41) is 0. The summed E-state index contributed by atoms with van der Waals surface area (Å²) in [7, 11) is 0. The Morgan fingerprint density at radius 1 is 1.50 bits per heavy atom. The second-order valence-corrected chi connectivity index (χ2v) is 5.90. The molecule has 0 aromatic rings. The topological polar surface area (TPSA) is 9.23 Å². The second-order valence-electron chi connectivity index (χ2n) is 5.90. The molecule has 0 bridgehead atoms. The normalized spacial score (nSPS) is 33.9. The summed E-state index contributed by atoms with van der Waals surface area (Å²) in [6, 6.07) is 0. The average molecular weight is 220 g/mol. The van der Waals surface area contributed by atoms with Crippen molar-refractivity contribution in [2.24, 2.45) is 11.3 Å². The highest BCUT2D eigenvalue weighted by Gasteiger charge is 2.37. The molecule has 1 nitrogen and oxygen atoms in total. The number of hydrogen-bond donors (Lipinski definition) is 0. The maximum atomic E-state index is 5.86. The first-order valence-electron chi connectivity index (χ1n) is 6.48. The van der Waals surface area contributed by atoms with E-state index in [1.54, 1.807) is 5.57 Å². The van der Waals surface area contributed by atoms with E-state index in [1.807, 2.05) is 0 Å². The van der Waals surface area contributed by atoms with Gasteiger partial charge in [-0.1, -0.05) is 32.1 Å². The van der Waals surface area contributed by atoms with Gasteiger partial charge in [-0.05, 0) is 49.5 Å². The van der Waals surface area contributed by atoms with Gasteiger partial charge in [-0.15, -0.1) is 0 Å². The van der Waals surface area contributed by atoms with Crippen LogP contribution in [-0.4, -0.2) is 12.7 Å². The van der Waals surface area contributed by atoms with E-state index < -0.39 is 0 Å². The molecule has 0 saturated carbocycles. The summed E-state index contributed by atoms with van der Waals surface area (Å²) in [4.78, 5) is 0. The average Bonchev–Trinajstić information content (AvgIpc) is 2.48. The van der Waals surface area contributed by atoms with E-state index in [2.05, 4.69) is 33.4 Å². The molecule has 2 atom stereocenters. The molecule has 0 aromatic carbocycles. The summed E-state index contributed by atoms with van der Waals surface area (Å²) in [5.41, 5.74) is 3.20. The molecule has 0 N–H and O–H groups in total. The van der Waals surface area contributed by atoms with Gasteiger partial charge in [0.2, 0.25) is 0 Å². The van der Waals surface area contributed by atoms with Crippen molar-refractivity contribution >= 4 is 0 Å². The molecule has 1 aliphatic carbocycles. The van der Waals surface area contributed by atoms with Crippen LogP contribution in [0.1, 0.15) is 46.5 Å². The predicted molar refractivity (Wildman–Crippen MR) is 68.4 cm³/mol. The van der Waals surface area contributed by atoms with E-state index in [1.165, 1.54) is 12.0 Å². The van der Waals surface area contributed by atoms with Crippen LogP contribution in [0.2, 0.25) is 0 Å². The zero-order valence-electron chi connectivity index (χ0n) is 10.9. The molecular formula is C15H24O. The standard InChI is InChI=1S/C15H24O/c1-11-6-5-9-16-14(11)10-13-8-7-12(2)15(13,3)4/h7,13-14H,1,5-6,8-10H2,2-4H3. The third-order valence-corrected chi connectivity index (χ3v) is 4.66. The first-order chi connectivity index (χ1) is 7.51. The summed E-state index contributed by atoms with van der Waals surface area (Å²) >= 11 is 0. The monoisotopic (exact) mass is 220 g/mol. The molecule has 2 unspecified atom stereocenters. The zero-order valence-corrected chi connectivity index (χ0v) is 10.9. The van der Waals surface area contributed by atoms with Gasteiger partial charge in [0.15, 0.2) is 0 Å². The quantitative estimate of drug-likeness (QED) is 0.636. The SMILES string of the molecule is C=C1CCCOC1CC1CC=C(C)C1(C)C. The highest BCUT2D eigenvalue weighted by atomic mass is 16.5. The Kier molecular flexibility index (Phi) is 3.25. The third kappa shape index (κ3) is 2.10. The molecule has 1 saturated heterocycles. The van der Waals surface area contributed by atoms with Gasteiger partial charge in [0, 0.05) is 6.61 Å². The largest absolute Gasteiger partial charge is 0.374 e. The summed E-state index contributed by atoms with van der Waals surface area (Å²) < 4.78 is 5.86. The van der Waals surface area contributed by atoms with E-state index in [9.17, 15) is 0 Å². The maximum absolute atomic E-state index is 5.86. The van der Waals surface area contributed by atoms with Gasteiger partial charge in [0.25, 0.3) is 0 Å². The molecule has 0 aromatic heterocycles. The first kappa shape index (κ1) is 11.9. The summed E-state index contributed by atoms with van der Waals surface area (Å²) in [6.45, 7) is 12.1. The molecule has 1 heterocycles. The number of rotatable bonds is 2. The van der Waals surface area contributed by atoms with E-state index in [0.29, 0.717) is 11.5 Å². The molecule has 0 amide bonds. The van der Waals surface area contributed by atoms with Crippen LogP contribution in [0.4, 0.5) is 0 Å². The molecular weight excluding hydrogens is 196 g/mol. The lowest BCUT2D eigenvalue weighted by Crippen LogP contribution is -2.29. The van der Waals surface area contributed by atoms with Crippen molar-refractivity contribution in [3.8, 4) is 0 Å². The number of allylic oxidation sites excluding steroid dienone is 2. The number of hydrogen-bond acceptors (Lipinski definition) is 1. The van der Waals surface area contributed by atoms with E-state index in [0.717, 1.165) is 31.8 Å². The molecule has 90 valence electrons. The fourth-order valence-corrected chi connectivity index (χ4v) is 2.89. The van der Waals surface area contributed by atoms with E-state index >= 15 is 0 Å². The molecule has 16 heavy (non-hydrogen) atoms. The lowest BCUT2D eigenvalue weighted by atomic mass is 9.74. The van der Waals surface area contributed by atoms with Crippen molar-refractivity contribution in [1.82, 2.24) is 0 Å². The minimum atomic E-state index is 0.317.